The average Bonchev–Trinajstić information content (AvgIpc) is 2.51. The summed E-state index contributed by atoms with van der Waals surface area (Å²) in [5.41, 5.74) is 0.701. The third-order valence-electron chi connectivity index (χ3n) is 4.58. The second kappa shape index (κ2) is 8.72. The van der Waals surface area contributed by atoms with E-state index in [4.69, 9.17) is 0 Å². The van der Waals surface area contributed by atoms with E-state index in [1.165, 1.54) is 44.9 Å². The van der Waals surface area contributed by atoms with Crippen molar-refractivity contribution < 1.29 is 0 Å². The lowest BCUT2D eigenvalue weighted by Crippen LogP contribution is -2.36. The van der Waals surface area contributed by atoms with Gasteiger partial charge in [0.1, 0.15) is 5.54 Å². The third kappa shape index (κ3) is 5.42. The van der Waals surface area contributed by atoms with E-state index in [2.05, 4.69) is 23.5 Å². The summed E-state index contributed by atoms with van der Waals surface area (Å²) in [4.78, 5) is 0. The minimum atomic E-state index is -0.374. The quantitative estimate of drug-likeness (QED) is 0.760. The Morgan fingerprint density at radius 3 is 1.71 bits per heavy atom. The summed E-state index contributed by atoms with van der Waals surface area (Å²) >= 11 is 0. The van der Waals surface area contributed by atoms with Gasteiger partial charge in [-0.15, -0.1) is 0 Å². The van der Waals surface area contributed by atoms with Gasteiger partial charge in [0.2, 0.25) is 0 Å². The number of rotatable bonds is 2. The van der Waals surface area contributed by atoms with Crippen molar-refractivity contribution in [1.82, 2.24) is 0 Å². The third-order valence-corrected chi connectivity index (χ3v) is 4.58. The summed E-state index contributed by atoms with van der Waals surface area (Å²) in [6, 6.07) is 12.8. The Kier molecular flexibility index (Phi) is 6.60. The molecule has 1 fully saturated rings. The maximum absolute atomic E-state index is 9.80. The molecule has 2 nitrogen and oxygen atoms in total. The predicted molar refractivity (Wildman–Crippen MR) is 89.2 cm³/mol. The van der Waals surface area contributed by atoms with Crippen LogP contribution in [-0.4, -0.2) is 5.54 Å². The summed E-state index contributed by atoms with van der Waals surface area (Å²) in [6.07, 6.45) is 13.6. The molecule has 21 heavy (non-hydrogen) atoms. The van der Waals surface area contributed by atoms with Gasteiger partial charge in [-0.05, 0) is 25.0 Å². The van der Waals surface area contributed by atoms with Gasteiger partial charge in [-0.3, -0.25) is 0 Å². The van der Waals surface area contributed by atoms with E-state index in [0.29, 0.717) is 0 Å². The molecular formula is C19H28N2. The number of nitriles is 1. The summed E-state index contributed by atoms with van der Waals surface area (Å²) in [5, 5.41) is 13.3. The van der Waals surface area contributed by atoms with Gasteiger partial charge in [-0.25, -0.2) is 0 Å². The highest BCUT2D eigenvalue weighted by molar-refractivity contribution is 5.47. The molecule has 0 unspecified atom stereocenters. The highest BCUT2D eigenvalue weighted by atomic mass is 15.0. The second-order valence-corrected chi connectivity index (χ2v) is 6.37. The van der Waals surface area contributed by atoms with Gasteiger partial charge in [0.05, 0.1) is 6.07 Å². The molecule has 114 valence electrons. The van der Waals surface area contributed by atoms with Crippen molar-refractivity contribution in [2.24, 2.45) is 0 Å². The normalized spacial score (nSPS) is 20.5. The maximum Gasteiger partial charge on any atom is 0.125 e. The number of hydrogen-bond acceptors (Lipinski definition) is 2. The topological polar surface area (TPSA) is 35.8 Å². The van der Waals surface area contributed by atoms with Crippen LogP contribution in [0.25, 0.3) is 0 Å². The van der Waals surface area contributed by atoms with Crippen LogP contribution in [0.2, 0.25) is 0 Å². The molecule has 0 amide bonds. The van der Waals surface area contributed by atoms with Crippen LogP contribution in [0.3, 0.4) is 0 Å². The van der Waals surface area contributed by atoms with E-state index in [0.717, 1.165) is 31.4 Å². The summed E-state index contributed by atoms with van der Waals surface area (Å²) in [5.74, 6) is 0. The fourth-order valence-electron chi connectivity index (χ4n) is 3.28. The highest BCUT2D eigenvalue weighted by Gasteiger charge is 2.28. The minimum Gasteiger partial charge on any atom is -0.367 e. The van der Waals surface area contributed by atoms with Crippen molar-refractivity contribution >= 4 is 5.69 Å². The molecule has 0 bridgehead atoms. The summed E-state index contributed by atoms with van der Waals surface area (Å²) < 4.78 is 0. The number of benzene rings is 1. The maximum atomic E-state index is 9.80. The van der Waals surface area contributed by atoms with Crippen LogP contribution in [0.1, 0.15) is 70.6 Å². The highest BCUT2D eigenvalue weighted by Crippen LogP contribution is 2.28. The van der Waals surface area contributed by atoms with Crippen LogP contribution >= 0.6 is 0 Å². The fraction of sp³-hybridized carbons (Fsp3) is 0.632. The molecule has 1 aliphatic rings. The van der Waals surface area contributed by atoms with Crippen LogP contribution in [0, 0.1) is 11.3 Å². The zero-order valence-corrected chi connectivity index (χ0v) is 13.1. The van der Waals surface area contributed by atoms with Gasteiger partial charge in [-0.2, -0.15) is 5.26 Å². The van der Waals surface area contributed by atoms with Crippen molar-refractivity contribution in [2.75, 3.05) is 5.32 Å². The van der Waals surface area contributed by atoms with Crippen LogP contribution in [0.15, 0.2) is 30.3 Å². The van der Waals surface area contributed by atoms with Gasteiger partial charge in [0, 0.05) is 5.69 Å². The average molecular weight is 284 g/mol. The van der Waals surface area contributed by atoms with E-state index in [-0.39, 0.29) is 5.54 Å². The molecule has 0 aliphatic heterocycles. The molecule has 0 aromatic heterocycles. The van der Waals surface area contributed by atoms with Crippen molar-refractivity contribution in [1.29, 1.82) is 5.26 Å². The van der Waals surface area contributed by atoms with Crippen LogP contribution in [0.4, 0.5) is 5.69 Å². The van der Waals surface area contributed by atoms with Gasteiger partial charge in [0.25, 0.3) is 0 Å². The first-order valence-corrected chi connectivity index (χ1v) is 8.59. The number of hydrogen-bond donors (Lipinski definition) is 1. The first kappa shape index (κ1) is 15.9. The zero-order valence-electron chi connectivity index (χ0n) is 13.1. The zero-order chi connectivity index (χ0) is 14.8. The van der Waals surface area contributed by atoms with Crippen LogP contribution in [0.5, 0.6) is 0 Å². The van der Waals surface area contributed by atoms with Crippen molar-refractivity contribution in [3.8, 4) is 6.07 Å². The molecular weight excluding hydrogens is 256 g/mol. The molecule has 1 aliphatic carbocycles. The molecule has 0 heterocycles. The number of nitrogens with one attached hydrogen (secondary N) is 1. The number of para-hydroxylation sites is 1. The first-order valence-electron chi connectivity index (χ1n) is 8.59. The first-order chi connectivity index (χ1) is 10.3. The van der Waals surface area contributed by atoms with E-state index in [9.17, 15) is 5.26 Å². The lowest BCUT2D eigenvalue weighted by atomic mass is 9.86. The molecule has 1 aromatic rings. The van der Waals surface area contributed by atoms with Crippen molar-refractivity contribution in [3.05, 3.63) is 30.3 Å². The molecule has 1 aromatic carbocycles. The number of anilines is 1. The molecule has 1 saturated carbocycles. The molecule has 0 saturated heterocycles. The Labute approximate surface area is 129 Å². The van der Waals surface area contributed by atoms with Gasteiger partial charge >= 0.3 is 0 Å². The van der Waals surface area contributed by atoms with Gasteiger partial charge < -0.3 is 5.32 Å². The van der Waals surface area contributed by atoms with Crippen molar-refractivity contribution in [3.63, 3.8) is 0 Å². The minimum absolute atomic E-state index is 0.374. The summed E-state index contributed by atoms with van der Waals surface area (Å²) in [6.45, 7) is 0. The van der Waals surface area contributed by atoms with Gasteiger partial charge in [0.15, 0.2) is 0 Å². The SMILES string of the molecule is N#CC1(Nc2ccccc2)CCCCCCCCCCC1. The second-order valence-electron chi connectivity index (χ2n) is 6.37. The Morgan fingerprint density at radius 1 is 0.762 bits per heavy atom. The standard InChI is InChI=1S/C19H28N2/c20-17-19(21-18-13-9-8-10-14-18)15-11-6-4-2-1-3-5-7-12-16-19/h8-10,13-14,21H,1-7,11-12,15-16H2. The fourth-order valence-corrected chi connectivity index (χ4v) is 3.28. The Hall–Kier alpha value is -1.49. The lowest BCUT2D eigenvalue weighted by molar-refractivity contribution is 0.426. The predicted octanol–water partition coefficient (Wildman–Crippen LogP) is 5.67. The molecule has 0 spiro atoms. The monoisotopic (exact) mass is 284 g/mol. The molecule has 2 rings (SSSR count). The molecule has 0 atom stereocenters. The van der Waals surface area contributed by atoms with Gasteiger partial charge in [-0.1, -0.05) is 76.0 Å². The Bertz CT molecular complexity index is 421. The van der Waals surface area contributed by atoms with E-state index in [1.54, 1.807) is 0 Å². The van der Waals surface area contributed by atoms with E-state index in [1.807, 2.05) is 18.2 Å². The Morgan fingerprint density at radius 2 is 1.24 bits per heavy atom. The van der Waals surface area contributed by atoms with Crippen LogP contribution < -0.4 is 5.32 Å². The van der Waals surface area contributed by atoms with Crippen molar-refractivity contribution in [2.45, 2.75) is 76.2 Å². The Balaban J connectivity index is 2.02. The number of nitrogens with zero attached hydrogens (tertiary/aromatic N) is 1. The molecule has 1 N–H and O–H groups in total. The molecule has 2 heteroatoms. The largest absolute Gasteiger partial charge is 0.367 e. The smallest absolute Gasteiger partial charge is 0.125 e. The summed E-state index contributed by atoms with van der Waals surface area (Å²) in [7, 11) is 0. The molecule has 0 radical (unpaired) electrons. The van der Waals surface area contributed by atoms with Crippen LogP contribution in [-0.2, 0) is 0 Å². The lowest BCUT2D eigenvalue weighted by Gasteiger charge is -2.29. The van der Waals surface area contributed by atoms with E-state index < -0.39 is 0 Å². The van der Waals surface area contributed by atoms with E-state index >= 15 is 0 Å².